The molecule has 1 aromatic carbocycles. The van der Waals surface area contributed by atoms with Crippen LogP contribution in [0.2, 0.25) is 0 Å². The Morgan fingerprint density at radius 3 is 2.56 bits per heavy atom. The van der Waals surface area contributed by atoms with Crippen molar-refractivity contribution in [1.82, 2.24) is 4.90 Å². The summed E-state index contributed by atoms with van der Waals surface area (Å²) in [6.45, 7) is 8.98. The number of nitrogens with zero attached hydrogens (tertiary/aromatic N) is 2. The second-order valence-electron chi connectivity index (χ2n) is 4.16. The highest BCUT2D eigenvalue weighted by atomic mass is 19.1. The Morgan fingerprint density at radius 2 is 1.94 bits per heavy atom. The van der Waals surface area contributed by atoms with Crippen molar-refractivity contribution >= 4 is 5.69 Å². The van der Waals surface area contributed by atoms with E-state index in [1.165, 1.54) is 6.07 Å². The number of benzene rings is 1. The fourth-order valence-corrected chi connectivity index (χ4v) is 2.13. The molecule has 0 unspecified atom stereocenters. The predicted molar refractivity (Wildman–Crippen MR) is 65.0 cm³/mol. The maximum absolute atomic E-state index is 13.1. The second kappa shape index (κ2) is 5.30. The number of hydrogen-bond acceptors (Lipinski definition) is 2. The molecule has 1 aliphatic rings. The van der Waals surface area contributed by atoms with Crippen molar-refractivity contribution in [2.45, 2.75) is 6.42 Å². The van der Waals surface area contributed by atoms with E-state index in [0.29, 0.717) is 0 Å². The van der Waals surface area contributed by atoms with E-state index in [4.69, 9.17) is 0 Å². The van der Waals surface area contributed by atoms with E-state index in [2.05, 4.69) is 16.7 Å². The Kier molecular flexibility index (Phi) is 3.78. The van der Waals surface area contributed by atoms with Crippen molar-refractivity contribution in [2.24, 2.45) is 0 Å². The molecular formula is C13H18FN2. The van der Waals surface area contributed by atoms with Crippen LogP contribution in [0.3, 0.4) is 0 Å². The van der Waals surface area contributed by atoms with Crippen molar-refractivity contribution in [1.29, 1.82) is 0 Å². The number of rotatable bonds is 3. The van der Waals surface area contributed by atoms with E-state index in [-0.39, 0.29) is 5.82 Å². The average molecular weight is 221 g/mol. The van der Waals surface area contributed by atoms with Crippen LogP contribution >= 0.6 is 0 Å². The molecule has 0 bridgehead atoms. The van der Waals surface area contributed by atoms with Crippen molar-refractivity contribution in [3.63, 3.8) is 0 Å². The number of hydrogen-bond donors (Lipinski definition) is 0. The van der Waals surface area contributed by atoms with Gasteiger partial charge in [-0.3, -0.25) is 4.90 Å². The molecular weight excluding hydrogens is 203 g/mol. The highest BCUT2D eigenvalue weighted by molar-refractivity contribution is 5.46. The highest BCUT2D eigenvalue weighted by Crippen LogP contribution is 2.17. The molecule has 87 valence electrons. The summed E-state index contributed by atoms with van der Waals surface area (Å²) in [7, 11) is 0. The summed E-state index contributed by atoms with van der Waals surface area (Å²) in [5, 5.41) is 0. The molecule has 2 nitrogen and oxygen atoms in total. The summed E-state index contributed by atoms with van der Waals surface area (Å²) < 4.78 is 13.1. The highest BCUT2D eigenvalue weighted by Gasteiger charge is 2.16. The van der Waals surface area contributed by atoms with Crippen molar-refractivity contribution < 1.29 is 4.39 Å². The van der Waals surface area contributed by atoms with Crippen LogP contribution in [-0.2, 0) is 0 Å². The molecule has 1 aromatic rings. The lowest BCUT2D eigenvalue weighted by atomic mass is 10.2. The van der Waals surface area contributed by atoms with Crippen LogP contribution < -0.4 is 4.90 Å². The number of anilines is 1. The molecule has 1 fully saturated rings. The summed E-state index contributed by atoms with van der Waals surface area (Å²) in [4.78, 5) is 4.64. The Hall–Kier alpha value is -1.09. The Balaban J connectivity index is 1.94. The molecule has 0 atom stereocenters. The fourth-order valence-electron chi connectivity index (χ4n) is 2.13. The minimum atomic E-state index is -0.155. The first-order chi connectivity index (χ1) is 7.79. The third-order valence-electron chi connectivity index (χ3n) is 3.02. The molecule has 1 aliphatic heterocycles. The van der Waals surface area contributed by atoms with Gasteiger partial charge in [-0.15, -0.1) is 0 Å². The molecule has 0 N–H and O–H groups in total. The van der Waals surface area contributed by atoms with Crippen LogP contribution in [0.25, 0.3) is 0 Å². The normalized spacial score (nSPS) is 17.8. The van der Waals surface area contributed by atoms with E-state index >= 15 is 0 Å². The van der Waals surface area contributed by atoms with E-state index < -0.39 is 0 Å². The summed E-state index contributed by atoms with van der Waals surface area (Å²) in [5.41, 5.74) is 0.995. The molecule has 1 heterocycles. The first kappa shape index (κ1) is 11.4. The molecule has 0 saturated carbocycles. The van der Waals surface area contributed by atoms with Crippen molar-refractivity contribution in [3.8, 4) is 0 Å². The van der Waals surface area contributed by atoms with Gasteiger partial charge in [0.25, 0.3) is 0 Å². The second-order valence-corrected chi connectivity index (χ2v) is 4.16. The fraction of sp³-hybridized carbons (Fsp3) is 0.462. The molecule has 0 amide bonds. The molecule has 16 heavy (non-hydrogen) atoms. The van der Waals surface area contributed by atoms with E-state index in [9.17, 15) is 4.39 Å². The third-order valence-corrected chi connectivity index (χ3v) is 3.02. The third kappa shape index (κ3) is 2.73. The summed E-state index contributed by atoms with van der Waals surface area (Å²) in [6, 6.07) is 6.84. The minimum Gasteiger partial charge on any atom is -0.369 e. The molecule has 0 spiro atoms. The van der Waals surface area contributed by atoms with Gasteiger partial charge in [-0.2, -0.15) is 0 Å². The standard InChI is InChI=1S/C13H18FN2/c1-2-6-15-7-9-16(10-8-15)13-5-3-4-12(14)11-13/h3-5,11H,1-2,6-10H2. The van der Waals surface area contributed by atoms with Gasteiger partial charge in [0, 0.05) is 31.9 Å². The molecule has 1 saturated heterocycles. The van der Waals surface area contributed by atoms with Crippen LogP contribution in [0.4, 0.5) is 10.1 Å². The number of halogens is 1. The molecule has 1 radical (unpaired) electrons. The summed E-state index contributed by atoms with van der Waals surface area (Å²) >= 11 is 0. The zero-order valence-electron chi connectivity index (χ0n) is 9.53. The molecule has 0 aromatic heterocycles. The van der Waals surface area contributed by atoms with Gasteiger partial charge in [0.15, 0.2) is 0 Å². The number of piperazine rings is 1. The van der Waals surface area contributed by atoms with Gasteiger partial charge in [0.1, 0.15) is 5.82 Å². The lowest BCUT2D eigenvalue weighted by Gasteiger charge is -2.35. The van der Waals surface area contributed by atoms with Crippen LogP contribution in [0.15, 0.2) is 24.3 Å². The van der Waals surface area contributed by atoms with Crippen molar-refractivity contribution in [3.05, 3.63) is 37.0 Å². The summed E-state index contributed by atoms with van der Waals surface area (Å²) in [5.74, 6) is -0.155. The minimum absolute atomic E-state index is 0.155. The van der Waals surface area contributed by atoms with Gasteiger partial charge in [-0.1, -0.05) is 13.0 Å². The Bertz CT molecular complexity index is 332. The van der Waals surface area contributed by atoms with Crippen LogP contribution in [-0.4, -0.2) is 37.6 Å². The van der Waals surface area contributed by atoms with E-state index in [0.717, 1.165) is 44.8 Å². The van der Waals surface area contributed by atoms with Gasteiger partial charge in [-0.25, -0.2) is 4.39 Å². The topological polar surface area (TPSA) is 6.48 Å². The summed E-state index contributed by atoms with van der Waals surface area (Å²) in [6.07, 6.45) is 0.958. The van der Waals surface area contributed by atoms with Crippen molar-refractivity contribution in [2.75, 3.05) is 37.6 Å². The maximum atomic E-state index is 13.1. The Morgan fingerprint density at radius 1 is 1.19 bits per heavy atom. The monoisotopic (exact) mass is 221 g/mol. The average Bonchev–Trinajstić information content (AvgIpc) is 2.30. The quantitative estimate of drug-likeness (QED) is 0.772. The zero-order valence-corrected chi connectivity index (χ0v) is 9.53. The Labute approximate surface area is 96.7 Å². The lowest BCUT2D eigenvalue weighted by Crippen LogP contribution is -2.46. The van der Waals surface area contributed by atoms with Gasteiger partial charge in [0.2, 0.25) is 0 Å². The largest absolute Gasteiger partial charge is 0.369 e. The predicted octanol–water partition coefficient (Wildman–Crippen LogP) is 2.17. The smallest absolute Gasteiger partial charge is 0.125 e. The van der Waals surface area contributed by atoms with Crippen LogP contribution in [0.5, 0.6) is 0 Å². The van der Waals surface area contributed by atoms with E-state index in [1.807, 2.05) is 6.07 Å². The lowest BCUT2D eigenvalue weighted by molar-refractivity contribution is 0.262. The first-order valence-corrected chi connectivity index (χ1v) is 5.82. The van der Waals surface area contributed by atoms with Gasteiger partial charge >= 0.3 is 0 Å². The zero-order chi connectivity index (χ0) is 11.4. The van der Waals surface area contributed by atoms with E-state index in [1.54, 1.807) is 12.1 Å². The molecule has 2 rings (SSSR count). The SMILES string of the molecule is [CH2]CCN1CCN(c2cccc(F)c2)CC1. The van der Waals surface area contributed by atoms with Gasteiger partial charge in [-0.05, 0) is 31.2 Å². The van der Waals surface area contributed by atoms with Gasteiger partial charge < -0.3 is 4.90 Å². The maximum Gasteiger partial charge on any atom is 0.125 e. The molecule has 3 heteroatoms. The van der Waals surface area contributed by atoms with Crippen LogP contribution in [0, 0.1) is 12.7 Å². The van der Waals surface area contributed by atoms with Gasteiger partial charge in [0.05, 0.1) is 0 Å². The molecule has 0 aliphatic carbocycles. The first-order valence-electron chi connectivity index (χ1n) is 5.82. The van der Waals surface area contributed by atoms with Crippen LogP contribution in [0.1, 0.15) is 6.42 Å².